The molecule has 0 bridgehead atoms. The molecule has 26 heavy (non-hydrogen) atoms. The fourth-order valence-electron chi connectivity index (χ4n) is 2.70. The van der Waals surface area contributed by atoms with Gasteiger partial charge in [0, 0.05) is 35.4 Å². The highest BCUT2D eigenvalue weighted by Crippen LogP contribution is 2.27. The lowest BCUT2D eigenvalue weighted by molar-refractivity contribution is 0.823. The molecule has 0 aliphatic rings. The Morgan fingerprint density at radius 1 is 1.00 bits per heavy atom. The zero-order valence-corrected chi connectivity index (χ0v) is 15.3. The van der Waals surface area contributed by atoms with Crippen LogP contribution in [0.4, 0.5) is 5.82 Å². The number of nitrogens with two attached hydrogens (primary N) is 1. The molecule has 0 aromatic carbocycles. The Labute approximate surface area is 154 Å². The molecule has 0 amide bonds. The van der Waals surface area contributed by atoms with Crippen LogP contribution >= 0.6 is 0 Å². The summed E-state index contributed by atoms with van der Waals surface area (Å²) in [6.45, 7) is 6.38. The van der Waals surface area contributed by atoms with Crippen LogP contribution in [0.25, 0.3) is 11.1 Å². The minimum Gasteiger partial charge on any atom is -0.384 e. The van der Waals surface area contributed by atoms with E-state index >= 15 is 0 Å². The number of pyridine rings is 3. The van der Waals surface area contributed by atoms with Gasteiger partial charge in [0.1, 0.15) is 5.82 Å². The Morgan fingerprint density at radius 3 is 2.50 bits per heavy atom. The summed E-state index contributed by atoms with van der Waals surface area (Å²) in [6, 6.07) is 9.81. The van der Waals surface area contributed by atoms with Crippen molar-refractivity contribution in [2.75, 3.05) is 5.73 Å². The summed E-state index contributed by atoms with van der Waals surface area (Å²) in [5.41, 5.74) is 11.7. The predicted molar refractivity (Wildman–Crippen MR) is 106 cm³/mol. The van der Waals surface area contributed by atoms with E-state index in [9.17, 15) is 0 Å². The van der Waals surface area contributed by atoms with E-state index in [1.165, 1.54) is 0 Å². The summed E-state index contributed by atoms with van der Waals surface area (Å²) in [7, 11) is 0. The van der Waals surface area contributed by atoms with Crippen LogP contribution in [-0.2, 0) is 6.42 Å². The maximum atomic E-state index is 5.64. The van der Waals surface area contributed by atoms with Gasteiger partial charge in [0.25, 0.3) is 0 Å². The minimum absolute atomic E-state index is 0.373. The molecule has 0 atom stereocenters. The summed E-state index contributed by atoms with van der Waals surface area (Å²) < 4.78 is 0. The average molecular weight is 342 g/mol. The number of nitrogen functional groups attached to an aromatic ring is 1. The smallest absolute Gasteiger partial charge is 0.123 e. The standard InChI is InChI=1S/C22H22N4/c1-4-20-19(7-5-16-6-8-22(23)26-14-16)18(10-12-24-20)17-9-11-25-21(13-17)15(2)3/h6,8-15H,4H2,1-3H3,(H2,23,26). The molecule has 0 saturated carbocycles. The molecule has 3 aromatic heterocycles. The number of aryl methyl sites for hydroxylation is 1. The Morgan fingerprint density at radius 2 is 1.81 bits per heavy atom. The molecule has 0 aliphatic heterocycles. The lowest BCUT2D eigenvalue weighted by Crippen LogP contribution is -1.98. The van der Waals surface area contributed by atoms with E-state index < -0.39 is 0 Å². The van der Waals surface area contributed by atoms with Gasteiger partial charge in [0.2, 0.25) is 0 Å². The summed E-state index contributed by atoms with van der Waals surface area (Å²) in [6.07, 6.45) is 6.21. The van der Waals surface area contributed by atoms with Crippen molar-refractivity contribution in [3.05, 3.63) is 71.4 Å². The van der Waals surface area contributed by atoms with Gasteiger partial charge in [-0.05, 0) is 48.2 Å². The number of nitrogens with zero attached hydrogens (tertiary/aromatic N) is 3. The number of rotatable bonds is 3. The molecule has 0 fully saturated rings. The maximum Gasteiger partial charge on any atom is 0.123 e. The highest BCUT2D eigenvalue weighted by Gasteiger charge is 2.10. The van der Waals surface area contributed by atoms with Crippen molar-refractivity contribution in [3.8, 4) is 23.0 Å². The van der Waals surface area contributed by atoms with E-state index in [0.29, 0.717) is 11.7 Å². The molecule has 0 spiro atoms. The van der Waals surface area contributed by atoms with Gasteiger partial charge in [0.15, 0.2) is 0 Å². The first kappa shape index (κ1) is 17.6. The molecular weight excluding hydrogens is 320 g/mol. The minimum atomic E-state index is 0.373. The lowest BCUT2D eigenvalue weighted by Gasteiger charge is -2.11. The summed E-state index contributed by atoms with van der Waals surface area (Å²) in [5.74, 6) is 7.35. The Kier molecular flexibility index (Phi) is 5.28. The Balaban J connectivity index is 2.10. The SMILES string of the molecule is CCc1nccc(-c2ccnc(C(C)C)c2)c1C#Cc1ccc(N)nc1. The Hall–Kier alpha value is -3.19. The van der Waals surface area contributed by atoms with E-state index in [1.54, 1.807) is 12.3 Å². The van der Waals surface area contributed by atoms with Crippen molar-refractivity contribution >= 4 is 5.82 Å². The van der Waals surface area contributed by atoms with Gasteiger partial charge >= 0.3 is 0 Å². The topological polar surface area (TPSA) is 64.7 Å². The van der Waals surface area contributed by atoms with E-state index in [-0.39, 0.29) is 0 Å². The van der Waals surface area contributed by atoms with Crippen LogP contribution in [0.2, 0.25) is 0 Å². The van der Waals surface area contributed by atoms with Crippen LogP contribution in [0, 0.1) is 11.8 Å². The van der Waals surface area contributed by atoms with Gasteiger partial charge < -0.3 is 5.73 Å². The van der Waals surface area contributed by atoms with Gasteiger partial charge in [0.05, 0.1) is 11.3 Å². The van der Waals surface area contributed by atoms with Crippen LogP contribution in [-0.4, -0.2) is 15.0 Å². The second-order valence-electron chi connectivity index (χ2n) is 6.38. The molecule has 3 aromatic rings. The summed E-state index contributed by atoms with van der Waals surface area (Å²) in [5, 5.41) is 0. The monoisotopic (exact) mass is 342 g/mol. The zero-order valence-electron chi connectivity index (χ0n) is 15.3. The van der Waals surface area contributed by atoms with Crippen molar-refractivity contribution in [3.63, 3.8) is 0 Å². The first-order valence-corrected chi connectivity index (χ1v) is 8.76. The van der Waals surface area contributed by atoms with Gasteiger partial charge in [-0.25, -0.2) is 4.98 Å². The van der Waals surface area contributed by atoms with E-state index in [0.717, 1.165) is 40.1 Å². The molecule has 4 heteroatoms. The first-order chi connectivity index (χ1) is 12.6. The van der Waals surface area contributed by atoms with Gasteiger partial charge in [-0.2, -0.15) is 0 Å². The van der Waals surface area contributed by atoms with E-state index in [1.807, 2.05) is 30.6 Å². The van der Waals surface area contributed by atoms with Crippen molar-refractivity contribution in [1.29, 1.82) is 0 Å². The second-order valence-corrected chi connectivity index (χ2v) is 6.38. The van der Waals surface area contributed by atoms with Crippen molar-refractivity contribution in [1.82, 2.24) is 15.0 Å². The average Bonchev–Trinajstić information content (AvgIpc) is 2.67. The quantitative estimate of drug-likeness (QED) is 0.724. The number of aromatic nitrogens is 3. The Bertz CT molecular complexity index is 963. The molecule has 4 nitrogen and oxygen atoms in total. The number of hydrogen-bond acceptors (Lipinski definition) is 4. The highest BCUT2D eigenvalue weighted by atomic mass is 14.8. The molecule has 3 heterocycles. The third kappa shape index (κ3) is 3.89. The third-order valence-electron chi connectivity index (χ3n) is 4.17. The first-order valence-electron chi connectivity index (χ1n) is 8.76. The molecule has 2 N–H and O–H groups in total. The molecule has 0 aliphatic carbocycles. The summed E-state index contributed by atoms with van der Waals surface area (Å²) >= 11 is 0. The molecule has 0 radical (unpaired) electrons. The van der Waals surface area contributed by atoms with Crippen molar-refractivity contribution < 1.29 is 0 Å². The van der Waals surface area contributed by atoms with Gasteiger partial charge in [-0.15, -0.1) is 0 Å². The van der Waals surface area contributed by atoms with Crippen LogP contribution in [0.1, 0.15) is 49.2 Å². The lowest BCUT2D eigenvalue weighted by atomic mass is 9.97. The number of hydrogen-bond donors (Lipinski definition) is 1. The fraction of sp³-hybridized carbons (Fsp3) is 0.227. The van der Waals surface area contributed by atoms with Crippen LogP contribution in [0.15, 0.2) is 48.9 Å². The van der Waals surface area contributed by atoms with Crippen LogP contribution < -0.4 is 5.73 Å². The molecule has 3 rings (SSSR count). The van der Waals surface area contributed by atoms with Gasteiger partial charge in [-0.3, -0.25) is 9.97 Å². The third-order valence-corrected chi connectivity index (χ3v) is 4.17. The largest absolute Gasteiger partial charge is 0.384 e. The van der Waals surface area contributed by atoms with E-state index in [2.05, 4.69) is 53.6 Å². The van der Waals surface area contributed by atoms with Crippen LogP contribution in [0.5, 0.6) is 0 Å². The van der Waals surface area contributed by atoms with Crippen LogP contribution in [0.3, 0.4) is 0 Å². The fourth-order valence-corrected chi connectivity index (χ4v) is 2.70. The normalized spacial score (nSPS) is 10.5. The second kappa shape index (κ2) is 7.79. The molecule has 0 unspecified atom stereocenters. The number of anilines is 1. The molecule has 130 valence electrons. The maximum absolute atomic E-state index is 5.64. The van der Waals surface area contributed by atoms with Crippen molar-refractivity contribution in [2.45, 2.75) is 33.1 Å². The van der Waals surface area contributed by atoms with Crippen molar-refractivity contribution in [2.24, 2.45) is 0 Å². The highest BCUT2D eigenvalue weighted by molar-refractivity contribution is 5.72. The van der Waals surface area contributed by atoms with E-state index in [4.69, 9.17) is 5.73 Å². The zero-order chi connectivity index (χ0) is 18.5. The summed E-state index contributed by atoms with van der Waals surface area (Å²) in [4.78, 5) is 13.1. The molecule has 0 saturated heterocycles. The molecular formula is C22H22N4. The predicted octanol–water partition coefficient (Wildman–Crippen LogP) is 4.21. The van der Waals surface area contributed by atoms with Gasteiger partial charge in [-0.1, -0.05) is 32.6 Å².